The molecule has 0 aliphatic heterocycles. The highest BCUT2D eigenvalue weighted by molar-refractivity contribution is 6.33. The van der Waals surface area contributed by atoms with Crippen LogP contribution in [0.15, 0.2) is 30.5 Å². The number of aromatic nitrogens is 1. The topological polar surface area (TPSA) is 60.2 Å². The highest BCUT2D eigenvalue weighted by Gasteiger charge is 2.07. The summed E-state index contributed by atoms with van der Waals surface area (Å²) in [6.45, 7) is 2.21. The van der Waals surface area contributed by atoms with Crippen molar-refractivity contribution in [2.45, 2.75) is 6.92 Å². The summed E-state index contributed by atoms with van der Waals surface area (Å²) >= 11 is 5.98. The van der Waals surface area contributed by atoms with Crippen molar-refractivity contribution in [1.29, 1.82) is 0 Å². The van der Waals surface area contributed by atoms with Gasteiger partial charge in [-0.25, -0.2) is 9.37 Å². The molecule has 1 aromatic carbocycles. The van der Waals surface area contributed by atoms with E-state index in [1.165, 1.54) is 12.3 Å². The Balaban J connectivity index is 2.21. The fraction of sp³-hybridized carbons (Fsp3) is 0.154. The molecule has 0 aliphatic carbocycles. The molecule has 1 heterocycles. The molecule has 0 radical (unpaired) electrons. The minimum Gasteiger partial charge on any atom is -0.491 e. The Morgan fingerprint density at radius 3 is 2.84 bits per heavy atom. The third-order valence-corrected chi connectivity index (χ3v) is 2.64. The number of benzene rings is 1. The van der Waals surface area contributed by atoms with Crippen molar-refractivity contribution in [2.75, 3.05) is 17.7 Å². The van der Waals surface area contributed by atoms with Crippen molar-refractivity contribution in [3.05, 3.63) is 41.3 Å². The second-order valence-corrected chi connectivity index (χ2v) is 4.21. The van der Waals surface area contributed by atoms with Crippen LogP contribution in [0.25, 0.3) is 0 Å². The van der Waals surface area contributed by atoms with Crippen LogP contribution in [0.1, 0.15) is 6.92 Å². The predicted octanol–water partition coefficient (Wildman–Crippen LogP) is 3.60. The van der Waals surface area contributed by atoms with Crippen LogP contribution in [0.4, 0.5) is 21.6 Å². The summed E-state index contributed by atoms with van der Waals surface area (Å²) < 4.78 is 18.8. The zero-order valence-corrected chi connectivity index (χ0v) is 11.0. The maximum Gasteiger partial charge on any atom is 0.167 e. The molecule has 2 aromatic rings. The number of pyridine rings is 1. The lowest BCUT2D eigenvalue weighted by molar-refractivity contribution is 0.321. The molecular weight excluding hydrogens is 269 g/mol. The van der Waals surface area contributed by atoms with Crippen molar-refractivity contribution in [2.24, 2.45) is 0 Å². The molecule has 3 N–H and O–H groups in total. The van der Waals surface area contributed by atoms with E-state index < -0.39 is 5.82 Å². The van der Waals surface area contributed by atoms with Crippen molar-refractivity contribution >= 4 is 28.8 Å². The highest BCUT2D eigenvalue weighted by Crippen LogP contribution is 2.27. The average Bonchev–Trinajstić information content (AvgIpc) is 2.36. The molecule has 4 nitrogen and oxygen atoms in total. The molecular formula is C13H13ClFN3O. The predicted molar refractivity (Wildman–Crippen MR) is 74.5 cm³/mol. The van der Waals surface area contributed by atoms with E-state index in [4.69, 9.17) is 22.1 Å². The van der Waals surface area contributed by atoms with Gasteiger partial charge < -0.3 is 15.8 Å². The summed E-state index contributed by atoms with van der Waals surface area (Å²) in [4.78, 5) is 4.04. The minimum absolute atomic E-state index is 0.212. The number of rotatable bonds is 4. The first-order valence-corrected chi connectivity index (χ1v) is 6.08. The molecule has 0 spiro atoms. The van der Waals surface area contributed by atoms with E-state index in [9.17, 15) is 4.39 Å². The lowest BCUT2D eigenvalue weighted by atomic mass is 10.3. The summed E-state index contributed by atoms with van der Waals surface area (Å²) in [5.41, 5.74) is 6.54. The number of hydrogen-bond acceptors (Lipinski definition) is 4. The highest BCUT2D eigenvalue weighted by atomic mass is 35.5. The summed E-state index contributed by atoms with van der Waals surface area (Å²) in [5, 5.41) is 3.29. The van der Waals surface area contributed by atoms with Gasteiger partial charge in [0.15, 0.2) is 11.6 Å². The summed E-state index contributed by atoms with van der Waals surface area (Å²) in [5.74, 6) is 0.183. The molecule has 1 aromatic heterocycles. The Morgan fingerprint density at radius 2 is 2.21 bits per heavy atom. The van der Waals surface area contributed by atoms with Crippen LogP contribution in [0, 0.1) is 5.82 Å². The molecule has 0 amide bonds. The molecule has 0 bridgehead atoms. The fourth-order valence-corrected chi connectivity index (χ4v) is 1.75. The van der Waals surface area contributed by atoms with E-state index in [0.29, 0.717) is 28.8 Å². The number of ether oxygens (including phenoxy) is 1. The van der Waals surface area contributed by atoms with Crippen molar-refractivity contribution in [3.63, 3.8) is 0 Å². The average molecular weight is 282 g/mol. The molecule has 19 heavy (non-hydrogen) atoms. The molecule has 100 valence electrons. The van der Waals surface area contributed by atoms with Gasteiger partial charge in [0.2, 0.25) is 0 Å². The van der Waals surface area contributed by atoms with Gasteiger partial charge in [0.25, 0.3) is 0 Å². The largest absolute Gasteiger partial charge is 0.491 e. The van der Waals surface area contributed by atoms with Gasteiger partial charge in [-0.05, 0) is 25.1 Å². The van der Waals surface area contributed by atoms with Crippen molar-refractivity contribution in [1.82, 2.24) is 4.98 Å². The molecule has 0 fully saturated rings. The lowest BCUT2D eigenvalue weighted by Crippen LogP contribution is -1.98. The van der Waals surface area contributed by atoms with E-state index in [1.807, 2.05) is 0 Å². The summed E-state index contributed by atoms with van der Waals surface area (Å²) in [6, 6.07) is 6.12. The van der Waals surface area contributed by atoms with Gasteiger partial charge in [0.05, 0.1) is 23.5 Å². The van der Waals surface area contributed by atoms with Crippen LogP contribution < -0.4 is 15.8 Å². The molecule has 0 saturated heterocycles. The van der Waals surface area contributed by atoms with Crippen LogP contribution in [-0.4, -0.2) is 11.6 Å². The van der Waals surface area contributed by atoms with Crippen LogP contribution in [-0.2, 0) is 0 Å². The van der Waals surface area contributed by atoms with E-state index in [-0.39, 0.29) is 5.75 Å². The molecule has 0 aliphatic rings. The summed E-state index contributed by atoms with van der Waals surface area (Å²) in [7, 11) is 0. The molecule has 0 atom stereocenters. The molecule has 0 unspecified atom stereocenters. The second-order valence-electron chi connectivity index (χ2n) is 3.80. The maximum absolute atomic E-state index is 13.7. The molecule has 2 rings (SSSR count). The zero-order valence-electron chi connectivity index (χ0n) is 10.3. The Hall–Kier alpha value is -2.01. The van der Waals surface area contributed by atoms with E-state index >= 15 is 0 Å². The van der Waals surface area contributed by atoms with Crippen LogP contribution in [0.5, 0.6) is 5.75 Å². The number of hydrogen-bond donors (Lipinski definition) is 2. The number of nitrogens with one attached hydrogen (secondary N) is 1. The number of halogens is 2. The third-order valence-electron chi connectivity index (χ3n) is 2.36. The van der Waals surface area contributed by atoms with Gasteiger partial charge >= 0.3 is 0 Å². The maximum atomic E-state index is 13.7. The molecule has 0 saturated carbocycles. The smallest absolute Gasteiger partial charge is 0.167 e. The Bertz CT molecular complexity index is 592. The second kappa shape index (κ2) is 5.75. The first-order chi connectivity index (χ1) is 9.10. The van der Waals surface area contributed by atoms with Gasteiger partial charge in [-0.15, -0.1) is 0 Å². The summed E-state index contributed by atoms with van der Waals surface area (Å²) in [6.07, 6.45) is 1.47. The Labute approximate surface area is 115 Å². The van der Waals surface area contributed by atoms with E-state index in [2.05, 4.69) is 10.3 Å². The zero-order chi connectivity index (χ0) is 13.8. The van der Waals surface area contributed by atoms with Gasteiger partial charge in [0, 0.05) is 11.8 Å². The monoisotopic (exact) mass is 281 g/mol. The van der Waals surface area contributed by atoms with E-state index in [0.717, 1.165) is 0 Å². The van der Waals surface area contributed by atoms with Gasteiger partial charge in [-0.2, -0.15) is 0 Å². The number of anilines is 3. The van der Waals surface area contributed by atoms with E-state index in [1.54, 1.807) is 25.1 Å². The van der Waals surface area contributed by atoms with Gasteiger partial charge in [0.1, 0.15) is 5.82 Å². The Morgan fingerprint density at radius 1 is 1.42 bits per heavy atom. The Kier molecular flexibility index (Phi) is 4.06. The van der Waals surface area contributed by atoms with Crippen LogP contribution in [0.3, 0.4) is 0 Å². The molecule has 6 heteroatoms. The van der Waals surface area contributed by atoms with Gasteiger partial charge in [-0.3, -0.25) is 0 Å². The van der Waals surface area contributed by atoms with Crippen LogP contribution in [0.2, 0.25) is 5.02 Å². The number of nitrogens with two attached hydrogens (primary N) is 1. The quantitative estimate of drug-likeness (QED) is 0.899. The van der Waals surface area contributed by atoms with Crippen LogP contribution >= 0.6 is 11.6 Å². The third kappa shape index (κ3) is 3.26. The number of nitrogen functional groups attached to an aromatic ring is 1. The van der Waals surface area contributed by atoms with Crippen molar-refractivity contribution < 1.29 is 9.13 Å². The number of nitrogens with zero attached hydrogens (tertiary/aromatic N) is 1. The minimum atomic E-state index is -0.446. The first kappa shape index (κ1) is 13.4. The lowest BCUT2D eigenvalue weighted by Gasteiger charge is -2.10. The van der Waals surface area contributed by atoms with Gasteiger partial charge in [-0.1, -0.05) is 11.6 Å². The van der Waals surface area contributed by atoms with Crippen molar-refractivity contribution in [3.8, 4) is 5.75 Å². The standard InChI is InChI=1S/C13H13ClFN3O/c1-2-19-12-4-3-9(6-11(12)15)18-13-10(14)5-8(16)7-17-13/h3-7H,2,16H2,1H3,(H,17,18). The fourth-order valence-electron chi connectivity index (χ4n) is 1.53. The first-order valence-electron chi connectivity index (χ1n) is 5.70. The normalized spacial score (nSPS) is 10.3. The SMILES string of the molecule is CCOc1ccc(Nc2ncc(N)cc2Cl)cc1F.